The van der Waals surface area contributed by atoms with E-state index < -0.39 is 20.2 Å². The fraction of sp³-hybridized carbons (Fsp3) is 0.882. The molecule has 0 rings (SSSR count). The fourth-order valence-corrected chi connectivity index (χ4v) is 2.93. The highest BCUT2D eigenvalue weighted by Crippen LogP contribution is 2.37. The van der Waals surface area contributed by atoms with E-state index in [0.29, 0.717) is 0 Å². The van der Waals surface area contributed by atoms with Gasteiger partial charge in [0.1, 0.15) is 12.3 Å². The Kier molecular flexibility index (Phi) is 14.9. The minimum absolute atomic E-state index is 0.816. The molecule has 0 bridgehead atoms. The maximum Gasteiger partial charge on any atom is 0.471 e. The first-order valence-electron chi connectivity index (χ1n) is 9.21. The number of hydrogen-bond donors (Lipinski definition) is 4. The molecule has 0 aromatic heterocycles. The van der Waals surface area contributed by atoms with Crippen molar-refractivity contribution in [2.24, 2.45) is 5.73 Å². The van der Waals surface area contributed by atoms with Crippen molar-refractivity contribution in [3.05, 3.63) is 12.2 Å². The first-order valence-corrected chi connectivity index (χ1v) is 10.7. The van der Waals surface area contributed by atoms with Crippen LogP contribution in [0.3, 0.4) is 0 Å². The van der Waals surface area contributed by atoms with Gasteiger partial charge in [-0.05, 0) is 12.8 Å². The van der Waals surface area contributed by atoms with E-state index in [2.05, 4.69) is 11.4 Å². The molecule has 24 heavy (non-hydrogen) atoms. The predicted molar refractivity (Wildman–Crippen MR) is 97.3 cm³/mol. The second-order valence-electron chi connectivity index (χ2n) is 6.30. The Morgan fingerprint density at radius 3 is 1.88 bits per heavy atom. The molecule has 0 aliphatic heterocycles. The summed E-state index contributed by atoms with van der Waals surface area (Å²) in [5.74, 6) is 0. The standard InChI is InChI=1S/C17H36NO5P/c1-2-3-4-5-6-7-8-9-10-11-12-13-14-15-16(19)17(18)23-24(20,21)22/h14-17,19H,2-13,18H2,1H3,(H2,20,21,22)/t16-,17+/m1/s1. The summed E-state index contributed by atoms with van der Waals surface area (Å²) in [5.41, 5.74) is 5.33. The molecule has 0 aliphatic carbocycles. The summed E-state index contributed by atoms with van der Waals surface area (Å²) in [7, 11) is -4.67. The second kappa shape index (κ2) is 15.1. The molecule has 7 heteroatoms. The lowest BCUT2D eigenvalue weighted by atomic mass is 10.1. The number of phosphoric ester groups is 1. The zero-order valence-corrected chi connectivity index (χ0v) is 15.9. The number of aliphatic hydroxyl groups is 1. The Balaban J connectivity index is 3.44. The normalized spacial score (nSPS) is 15.0. The van der Waals surface area contributed by atoms with Gasteiger partial charge in [0.15, 0.2) is 0 Å². The molecule has 0 saturated heterocycles. The lowest BCUT2D eigenvalue weighted by Crippen LogP contribution is -2.35. The average molecular weight is 365 g/mol. The maximum atomic E-state index is 10.6. The first-order chi connectivity index (χ1) is 11.4. The third-order valence-electron chi connectivity index (χ3n) is 3.90. The minimum atomic E-state index is -4.67. The molecule has 6 nitrogen and oxygen atoms in total. The van der Waals surface area contributed by atoms with E-state index in [4.69, 9.17) is 15.5 Å². The summed E-state index contributed by atoms with van der Waals surface area (Å²) in [6.45, 7) is 2.24. The van der Waals surface area contributed by atoms with Crippen molar-refractivity contribution in [3.63, 3.8) is 0 Å². The lowest BCUT2D eigenvalue weighted by molar-refractivity contribution is 0.0464. The summed E-state index contributed by atoms with van der Waals surface area (Å²) in [4.78, 5) is 17.2. The number of aliphatic hydroxyl groups excluding tert-OH is 1. The van der Waals surface area contributed by atoms with Crippen LogP contribution in [0, 0.1) is 0 Å². The Bertz CT molecular complexity index is 359. The van der Waals surface area contributed by atoms with E-state index in [1.807, 2.05) is 0 Å². The molecular weight excluding hydrogens is 329 g/mol. The molecule has 0 aromatic rings. The Hall–Kier alpha value is -0.230. The summed E-state index contributed by atoms with van der Waals surface area (Å²) < 4.78 is 14.8. The van der Waals surface area contributed by atoms with Crippen LogP contribution in [0.15, 0.2) is 12.2 Å². The number of nitrogens with two attached hydrogens (primary N) is 1. The second-order valence-corrected chi connectivity index (χ2v) is 7.50. The number of allylic oxidation sites excluding steroid dienone is 1. The van der Waals surface area contributed by atoms with Gasteiger partial charge in [0.05, 0.1) is 0 Å². The van der Waals surface area contributed by atoms with Crippen molar-refractivity contribution >= 4 is 7.82 Å². The van der Waals surface area contributed by atoms with Gasteiger partial charge in [-0.2, -0.15) is 0 Å². The van der Waals surface area contributed by atoms with E-state index in [1.54, 1.807) is 6.08 Å². The Morgan fingerprint density at radius 1 is 0.958 bits per heavy atom. The maximum absolute atomic E-state index is 10.6. The fourth-order valence-electron chi connectivity index (χ4n) is 2.49. The van der Waals surface area contributed by atoms with Crippen molar-refractivity contribution in [2.75, 3.05) is 0 Å². The molecule has 0 radical (unpaired) electrons. The highest BCUT2D eigenvalue weighted by atomic mass is 31.2. The van der Waals surface area contributed by atoms with Crippen LogP contribution in [0.5, 0.6) is 0 Å². The zero-order chi connectivity index (χ0) is 18.3. The van der Waals surface area contributed by atoms with Crippen LogP contribution in [-0.4, -0.2) is 27.2 Å². The topological polar surface area (TPSA) is 113 Å². The molecule has 0 heterocycles. The van der Waals surface area contributed by atoms with Crippen molar-refractivity contribution < 1.29 is 24.0 Å². The number of unbranched alkanes of at least 4 members (excludes halogenated alkanes) is 11. The van der Waals surface area contributed by atoms with E-state index in [1.165, 1.54) is 63.9 Å². The molecule has 0 spiro atoms. The van der Waals surface area contributed by atoms with Gasteiger partial charge in [-0.3, -0.25) is 4.52 Å². The van der Waals surface area contributed by atoms with Gasteiger partial charge in [-0.15, -0.1) is 0 Å². The third kappa shape index (κ3) is 16.6. The average Bonchev–Trinajstić information content (AvgIpc) is 2.50. The van der Waals surface area contributed by atoms with Crippen LogP contribution in [0.25, 0.3) is 0 Å². The van der Waals surface area contributed by atoms with Crippen LogP contribution in [0.2, 0.25) is 0 Å². The van der Waals surface area contributed by atoms with Crippen molar-refractivity contribution in [1.29, 1.82) is 0 Å². The summed E-state index contributed by atoms with van der Waals surface area (Å²) in [6.07, 6.45) is 15.5. The van der Waals surface area contributed by atoms with Crippen LogP contribution in [0.1, 0.15) is 84.0 Å². The van der Waals surface area contributed by atoms with Gasteiger partial charge in [0.2, 0.25) is 0 Å². The Labute approximate surface area is 146 Å². The van der Waals surface area contributed by atoms with Crippen LogP contribution in [-0.2, 0) is 9.09 Å². The van der Waals surface area contributed by atoms with Gasteiger partial charge in [0.25, 0.3) is 0 Å². The Morgan fingerprint density at radius 2 is 1.42 bits per heavy atom. The van der Waals surface area contributed by atoms with Gasteiger partial charge in [-0.25, -0.2) is 4.57 Å². The smallest absolute Gasteiger partial charge is 0.385 e. The van der Waals surface area contributed by atoms with Crippen LogP contribution < -0.4 is 5.73 Å². The van der Waals surface area contributed by atoms with Crippen molar-refractivity contribution in [2.45, 2.75) is 96.3 Å². The van der Waals surface area contributed by atoms with Gasteiger partial charge in [-0.1, -0.05) is 83.3 Å². The summed E-state index contributed by atoms with van der Waals surface area (Å²) in [6, 6.07) is 0. The quantitative estimate of drug-likeness (QED) is 0.142. The molecule has 0 aromatic carbocycles. The molecule has 0 aliphatic rings. The number of hydrogen-bond acceptors (Lipinski definition) is 4. The van der Waals surface area contributed by atoms with Gasteiger partial charge in [0, 0.05) is 0 Å². The van der Waals surface area contributed by atoms with E-state index in [-0.39, 0.29) is 0 Å². The molecule has 2 atom stereocenters. The van der Waals surface area contributed by atoms with E-state index >= 15 is 0 Å². The SMILES string of the molecule is CCCCCCCCCCCCCC=C[C@@H](O)[C@@H](N)OP(=O)(O)O. The number of phosphoric acid groups is 1. The monoisotopic (exact) mass is 365 g/mol. The van der Waals surface area contributed by atoms with Crippen molar-refractivity contribution in [3.8, 4) is 0 Å². The van der Waals surface area contributed by atoms with Gasteiger partial charge >= 0.3 is 7.82 Å². The molecule has 144 valence electrons. The molecule has 5 N–H and O–H groups in total. The zero-order valence-electron chi connectivity index (χ0n) is 15.0. The largest absolute Gasteiger partial charge is 0.471 e. The van der Waals surface area contributed by atoms with Crippen LogP contribution >= 0.6 is 7.82 Å². The predicted octanol–water partition coefficient (Wildman–Crippen LogP) is 4.00. The number of rotatable bonds is 16. The molecule has 0 fully saturated rings. The van der Waals surface area contributed by atoms with Crippen LogP contribution in [0.4, 0.5) is 0 Å². The van der Waals surface area contributed by atoms with E-state index in [0.717, 1.165) is 19.3 Å². The highest BCUT2D eigenvalue weighted by molar-refractivity contribution is 7.46. The van der Waals surface area contributed by atoms with Gasteiger partial charge < -0.3 is 20.6 Å². The molecule has 0 saturated carbocycles. The van der Waals surface area contributed by atoms with Crippen molar-refractivity contribution in [1.82, 2.24) is 0 Å². The lowest BCUT2D eigenvalue weighted by Gasteiger charge is -2.16. The molecule has 0 amide bonds. The first kappa shape index (κ1) is 23.8. The third-order valence-corrected chi connectivity index (χ3v) is 4.42. The highest BCUT2D eigenvalue weighted by Gasteiger charge is 2.23. The minimum Gasteiger partial charge on any atom is -0.385 e. The van der Waals surface area contributed by atoms with E-state index in [9.17, 15) is 9.67 Å². The summed E-state index contributed by atoms with van der Waals surface area (Å²) >= 11 is 0. The molecule has 0 unspecified atom stereocenters. The molecular formula is C17H36NO5P. The summed E-state index contributed by atoms with van der Waals surface area (Å²) in [5, 5.41) is 9.58.